The van der Waals surface area contributed by atoms with E-state index in [0.29, 0.717) is 29.8 Å². The summed E-state index contributed by atoms with van der Waals surface area (Å²) in [5, 5.41) is 9.57. The minimum atomic E-state index is -5.41. The third-order valence-electron chi connectivity index (χ3n) is 10.1. The smallest absolute Gasteiger partial charge is 0.249 e. The largest absolute Gasteiger partial charge is 2.00 e. The first-order chi connectivity index (χ1) is 30.7. The second-order valence-electron chi connectivity index (χ2n) is 14.4. The Kier molecular flexibility index (Phi) is 15.2. The van der Waals surface area contributed by atoms with Crippen molar-refractivity contribution in [1.82, 2.24) is 15.0 Å². The van der Waals surface area contributed by atoms with E-state index in [1.54, 1.807) is 25.1 Å². The molecule has 66 heavy (non-hydrogen) atoms. The molecule has 8 aromatic rings. The normalized spacial score (nSPS) is 12.7. The number of alkyl halides is 12. The van der Waals surface area contributed by atoms with E-state index in [4.69, 9.17) is 0 Å². The van der Waals surface area contributed by atoms with Crippen LogP contribution in [0.2, 0.25) is 0 Å². The maximum atomic E-state index is 14.4. The molecule has 0 bridgehead atoms. The fourth-order valence-corrected chi connectivity index (χ4v) is 12.3. The molecule has 0 N–H and O–H groups in total. The van der Waals surface area contributed by atoms with E-state index >= 15 is 0 Å². The van der Waals surface area contributed by atoms with Gasteiger partial charge in [0.05, 0.1) is 27.7 Å². The van der Waals surface area contributed by atoms with E-state index in [1.807, 2.05) is 97.1 Å². The molecule has 0 radical (unpaired) electrons. The number of nitrogens with zero attached hydrogens (tertiary/aromatic N) is 3. The average Bonchev–Trinajstić information content (AvgIpc) is 4.08. The Hall–Kier alpha value is -5.52. The fourth-order valence-electron chi connectivity index (χ4n) is 7.08. The molecular weight excluding hydrogens is 964 g/mol. The summed E-state index contributed by atoms with van der Waals surface area (Å²) in [4.78, 5) is 0. The van der Waals surface area contributed by atoms with Crippen molar-refractivity contribution in [2.24, 2.45) is 0 Å². The number of hydrogen-bond acceptors (Lipinski definition) is 2. The molecule has 1 atom stereocenters. The standard InChI is InChI=1S/C43H28F12N3P2.C5H5.Fe/c1-26(36-18-11-19-37(36)59(32-14-7-3-8-15-32)33-16-9-4-10-17-33)58-39(38(56-57-58)27-12-5-2-6-13-27)60(34-22-28(40(44,45)46)20-29(23-34)41(47,48)49)35-24-30(42(50,51)52)21-31(25-35)43(53,54)55;1-2-4-5-3-1;/h2-26H,1H3;1-5H;/q2*-1;+2/t26-;;/m0../s1. The monoisotopic (exact) mass is 997 g/mol. The van der Waals surface area contributed by atoms with Gasteiger partial charge in [-0.25, -0.2) is 22.9 Å². The number of aromatic nitrogens is 3. The Bertz CT molecular complexity index is 2600. The van der Waals surface area contributed by atoms with Gasteiger partial charge in [-0.2, -0.15) is 88.6 Å². The van der Waals surface area contributed by atoms with Crippen LogP contribution in [0.15, 0.2) is 176 Å². The second-order valence-corrected chi connectivity index (χ2v) is 18.8. The van der Waals surface area contributed by atoms with Crippen LogP contribution in [0.4, 0.5) is 52.7 Å². The van der Waals surface area contributed by atoms with Gasteiger partial charge >= 0.3 is 41.8 Å². The summed E-state index contributed by atoms with van der Waals surface area (Å²) in [6.45, 7) is 1.61. The van der Waals surface area contributed by atoms with Gasteiger partial charge in [0.2, 0.25) is 0 Å². The van der Waals surface area contributed by atoms with Crippen molar-refractivity contribution < 1.29 is 69.8 Å². The van der Waals surface area contributed by atoms with Crippen LogP contribution in [-0.4, -0.2) is 15.0 Å². The Labute approximate surface area is 383 Å². The molecule has 0 saturated heterocycles. The van der Waals surface area contributed by atoms with Gasteiger partial charge in [0.15, 0.2) is 0 Å². The predicted octanol–water partition coefficient (Wildman–Crippen LogP) is 12.3. The Balaban J connectivity index is 0.00000112. The summed E-state index contributed by atoms with van der Waals surface area (Å²) in [7, 11) is -4.53. The number of halogens is 12. The van der Waals surface area contributed by atoms with Crippen molar-refractivity contribution in [3.63, 3.8) is 0 Å². The number of hydrogen-bond donors (Lipinski definition) is 0. The van der Waals surface area contributed by atoms with Crippen molar-refractivity contribution >= 4 is 47.8 Å². The number of benzene rings is 5. The van der Waals surface area contributed by atoms with E-state index < -0.39 is 79.5 Å². The van der Waals surface area contributed by atoms with Crippen LogP contribution in [-0.2, 0) is 41.8 Å². The minimum absolute atomic E-state index is 0. The maximum absolute atomic E-state index is 14.4. The van der Waals surface area contributed by atoms with Crippen LogP contribution in [0, 0.1) is 0 Å². The molecule has 7 aromatic carbocycles. The van der Waals surface area contributed by atoms with E-state index in [2.05, 4.69) is 10.3 Å². The van der Waals surface area contributed by atoms with E-state index in [1.165, 1.54) is 28.9 Å². The first-order valence-electron chi connectivity index (χ1n) is 19.4. The third-order valence-corrected chi connectivity index (χ3v) is 15.0. The zero-order chi connectivity index (χ0) is 46.7. The van der Waals surface area contributed by atoms with Crippen molar-refractivity contribution in [1.29, 1.82) is 0 Å². The molecule has 1 aromatic heterocycles. The van der Waals surface area contributed by atoms with Crippen LogP contribution >= 0.6 is 15.8 Å². The van der Waals surface area contributed by atoms with Gasteiger partial charge in [0, 0.05) is 19.5 Å². The third kappa shape index (κ3) is 11.3. The molecule has 0 amide bonds. The quantitative estimate of drug-likeness (QED) is 0.0624. The second kappa shape index (κ2) is 20.1. The molecule has 0 aliphatic rings. The summed E-state index contributed by atoms with van der Waals surface area (Å²) in [5.41, 5.74) is -6.96. The van der Waals surface area contributed by atoms with Crippen molar-refractivity contribution in [3.05, 3.63) is 204 Å². The van der Waals surface area contributed by atoms with Gasteiger partial charge in [-0.15, -0.1) is 10.4 Å². The predicted molar refractivity (Wildman–Crippen MR) is 231 cm³/mol. The van der Waals surface area contributed by atoms with Crippen LogP contribution in [0.1, 0.15) is 40.8 Å². The van der Waals surface area contributed by atoms with E-state index in [0.717, 1.165) is 15.9 Å². The first kappa shape index (κ1) is 49.9. The van der Waals surface area contributed by atoms with Gasteiger partial charge in [0.25, 0.3) is 0 Å². The minimum Gasteiger partial charge on any atom is -0.249 e. The van der Waals surface area contributed by atoms with Gasteiger partial charge in [-0.3, -0.25) is 0 Å². The molecule has 342 valence electrons. The van der Waals surface area contributed by atoms with Crippen LogP contribution in [0.5, 0.6) is 0 Å². The van der Waals surface area contributed by atoms with Crippen LogP contribution in [0.3, 0.4) is 0 Å². The van der Waals surface area contributed by atoms with Crippen LogP contribution in [0.25, 0.3) is 11.3 Å². The molecule has 1 heterocycles. The van der Waals surface area contributed by atoms with Gasteiger partial charge < -0.3 is 0 Å². The van der Waals surface area contributed by atoms with Gasteiger partial charge in [0.1, 0.15) is 5.69 Å². The summed E-state index contributed by atoms with van der Waals surface area (Å²) < 4.78 is 174. The Morgan fingerprint density at radius 2 is 0.894 bits per heavy atom. The summed E-state index contributed by atoms with van der Waals surface area (Å²) >= 11 is 0. The summed E-state index contributed by atoms with van der Waals surface area (Å²) in [5.74, 6) is 0. The molecule has 0 spiro atoms. The molecular formula is C48H33F12FeN3P2. The van der Waals surface area contributed by atoms with E-state index in [-0.39, 0.29) is 45.9 Å². The molecule has 0 saturated carbocycles. The van der Waals surface area contributed by atoms with Gasteiger partial charge in [-0.1, -0.05) is 103 Å². The molecule has 0 unspecified atom stereocenters. The SMILES string of the molecule is C[C@@H](c1cc[cH-]c1P(c1ccccc1)c1ccccc1)n1nnc(-c2ccccc2)c1P(c1cc(C(F)(F)F)cc(C(F)(F)F)c1)c1cc(C(F)(F)F)cc(C(F)(F)F)c1.[Fe+2].c1cc[cH-]c1. The zero-order valence-electron chi connectivity index (χ0n) is 33.9. The fraction of sp³-hybridized carbons (Fsp3) is 0.125. The first-order valence-corrected chi connectivity index (χ1v) is 22.1. The zero-order valence-corrected chi connectivity index (χ0v) is 36.8. The Morgan fingerprint density at radius 3 is 1.27 bits per heavy atom. The maximum Gasteiger partial charge on any atom is 2.00 e. The van der Waals surface area contributed by atoms with Gasteiger partial charge in [-0.05, 0) is 65.5 Å². The molecule has 0 fully saturated rings. The molecule has 8 rings (SSSR count). The summed E-state index contributed by atoms with van der Waals surface area (Å²) in [6, 6.07) is 41.7. The average molecular weight is 998 g/mol. The van der Waals surface area contributed by atoms with Crippen molar-refractivity contribution in [2.45, 2.75) is 37.7 Å². The molecule has 3 nitrogen and oxygen atoms in total. The summed E-state index contributed by atoms with van der Waals surface area (Å²) in [6.07, 6.45) is -21.6. The van der Waals surface area contributed by atoms with Crippen LogP contribution < -0.4 is 32.0 Å². The molecule has 0 aliphatic carbocycles. The number of rotatable bonds is 9. The molecule has 0 aliphatic heterocycles. The Morgan fingerprint density at radius 1 is 0.485 bits per heavy atom. The molecule has 18 heteroatoms. The van der Waals surface area contributed by atoms with Crippen molar-refractivity contribution in [2.75, 3.05) is 0 Å². The van der Waals surface area contributed by atoms with Crippen molar-refractivity contribution in [3.8, 4) is 11.3 Å². The van der Waals surface area contributed by atoms with E-state index in [9.17, 15) is 52.7 Å². The topological polar surface area (TPSA) is 30.7 Å².